The van der Waals surface area contributed by atoms with Gasteiger partial charge < -0.3 is 4.74 Å². The molecule has 0 aliphatic heterocycles. The number of para-hydroxylation sites is 1. The molecule has 4 aromatic rings. The summed E-state index contributed by atoms with van der Waals surface area (Å²) in [5.41, 5.74) is 2.62. The number of hydrogen-bond acceptors (Lipinski definition) is 7. The first-order valence-electron chi connectivity index (χ1n) is 12.0. The zero-order valence-corrected chi connectivity index (χ0v) is 23.4. The summed E-state index contributed by atoms with van der Waals surface area (Å²) in [5, 5.41) is 5.52. The Morgan fingerprint density at radius 2 is 1.92 bits per heavy atom. The van der Waals surface area contributed by atoms with Gasteiger partial charge in [0.25, 0.3) is 0 Å². The van der Waals surface area contributed by atoms with Crippen LogP contribution in [0.1, 0.15) is 31.2 Å². The summed E-state index contributed by atoms with van der Waals surface area (Å²) in [6.07, 6.45) is 0.257. The number of sulfone groups is 1. The molecule has 0 atom stereocenters. The number of hydrogen-bond donors (Lipinski definition) is 0. The smallest absolute Gasteiger partial charge is 0.228 e. The SMILES string of the molecule is CCOc1cccc2sc(N(CCn3nc(C)cc3C)C(=O)CCCS(=O)(=O)c3ccc(Cl)cc3)nc12. The Hall–Kier alpha value is -2.95. The molecule has 0 bridgehead atoms. The van der Waals surface area contributed by atoms with E-state index in [0.717, 1.165) is 16.1 Å². The summed E-state index contributed by atoms with van der Waals surface area (Å²) >= 11 is 7.29. The second-order valence-corrected chi connectivity index (χ2v) is 12.2. The first kappa shape index (κ1) is 27.1. The monoisotopic (exact) mass is 560 g/mol. The van der Waals surface area contributed by atoms with Crippen molar-refractivity contribution < 1.29 is 17.9 Å². The molecule has 0 spiro atoms. The van der Waals surface area contributed by atoms with Crippen molar-refractivity contribution in [3.63, 3.8) is 0 Å². The second kappa shape index (κ2) is 11.6. The number of thiazole rings is 1. The lowest BCUT2D eigenvalue weighted by atomic mass is 10.3. The van der Waals surface area contributed by atoms with Gasteiger partial charge in [-0.25, -0.2) is 13.4 Å². The number of amides is 1. The van der Waals surface area contributed by atoms with Gasteiger partial charge in [0, 0.05) is 23.7 Å². The van der Waals surface area contributed by atoms with E-state index in [4.69, 9.17) is 21.3 Å². The van der Waals surface area contributed by atoms with Crippen LogP contribution in [0.5, 0.6) is 5.75 Å². The number of ether oxygens (including phenoxy) is 1. The molecule has 0 aliphatic rings. The van der Waals surface area contributed by atoms with E-state index in [2.05, 4.69) is 5.10 Å². The van der Waals surface area contributed by atoms with Crippen LogP contribution in [0.4, 0.5) is 5.13 Å². The van der Waals surface area contributed by atoms with E-state index in [1.807, 2.05) is 49.7 Å². The number of nitrogens with zero attached hydrogens (tertiary/aromatic N) is 4. The van der Waals surface area contributed by atoms with Crippen molar-refractivity contribution in [3.8, 4) is 5.75 Å². The number of carbonyl (C=O) groups is 1. The highest BCUT2D eigenvalue weighted by Gasteiger charge is 2.23. The molecule has 196 valence electrons. The minimum absolute atomic E-state index is 0.0676. The van der Waals surface area contributed by atoms with Crippen LogP contribution in [0.25, 0.3) is 10.2 Å². The Bertz CT molecular complexity index is 1500. The van der Waals surface area contributed by atoms with Crippen LogP contribution < -0.4 is 9.64 Å². The minimum Gasteiger partial charge on any atom is -0.492 e. The van der Waals surface area contributed by atoms with Crippen molar-refractivity contribution in [2.24, 2.45) is 0 Å². The van der Waals surface area contributed by atoms with Crippen molar-refractivity contribution in [1.82, 2.24) is 14.8 Å². The number of aromatic nitrogens is 3. The van der Waals surface area contributed by atoms with E-state index in [9.17, 15) is 13.2 Å². The summed E-state index contributed by atoms with van der Waals surface area (Å²) in [4.78, 5) is 20.0. The number of benzene rings is 2. The van der Waals surface area contributed by atoms with E-state index in [0.29, 0.717) is 41.1 Å². The lowest BCUT2D eigenvalue weighted by Gasteiger charge is -2.20. The molecule has 8 nitrogen and oxygen atoms in total. The summed E-state index contributed by atoms with van der Waals surface area (Å²) < 4.78 is 34.0. The van der Waals surface area contributed by atoms with Gasteiger partial charge in [-0.1, -0.05) is 29.0 Å². The summed E-state index contributed by atoms with van der Waals surface area (Å²) in [6.45, 7) is 7.16. The maximum absolute atomic E-state index is 13.4. The fourth-order valence-electron chi connectivity index (χ4n) is 4.03. The fourth-order valence-corrected chi connectivity index (χ4v) is 6.49. The third kappa shape index (κ3) is 6.49. The average Bonchev–Trinajstić information content (AvgIpc) is 3.42. The van der Waals surface area contributed by atoms with E-state index in [1.165, 1.54) is 23.5 Å². The van der Waals surface area contributed by atoms with E-state index in [1.54, 1.807) is 17.0 Å². The van der Waals surface area contributed by atoms with Gasteiger partial charge in [0.2, 0.25) is 5.91 Å². The number of carbonyl (C=O) groups excluding carboxylic acids is 1. The molecule has 0 radical (unpaired) electrons. The van der Waals surface area contributed by atoms with Gasteiger partial charge in [0.1, 0.15) is 11.3 Å². The van der Waals surface area contributed by atoms with E-state index >= 15 is 0 Å². The van der Waals surface area contributed by atoms with Gasteiger partial charge in [-0.2, -0.15) is 5.10 Å². The molecule has 11 heteroatoms. The van der Waals surface area contributed by atoms with E-state index < -0.39 is 9.84 Å². The van der Waals surface area contributed by atoms with Crippen molar-refractivity contribution in [2.45, 2.75) is 45.1 Å². The van der Waals surface area contributed by atoms with Gasteiger partial charge in [0.05, 0.1) is 34.2 Å². The van der Waals surface area contributed by atoms with Crippen LogP contribution in [0, 0.1) is 13.8 Å². The molecule has 2 heterocycles. The van der Waals surface area contributed by atoms with E-state index in [-0.39, 0.29) is 29.4 Å². The van der Waals surface area contributed by atoms with Gasteiger partial charge in [-0.05, 0) is 69.7 Å². The highest BCUT2D eigenvalue weighted by molar-refractivity contribution is 7.91. The summed E-state index contributed by atoms with van der Waals surface area (Å²) in [6, 6.07) is 13.8. The molecule has 4 rings (SSSR count). The number of rotatable bonds is 11. The molecule has 0 saturated carbocycles. The number of halogens is 1. The van der Waals surface area contributed by atoms with Crippen molar-refractivity contribution in [1.29, 1.82) is 0 Å². The lowest BCUT2D eigenvalue weighted by molar-refractivity contribution is -0.118. The topological polar surface area (TPSA) is 94.4 Å². The van der Waals surface area contributed by atoms with Gasteiger partial charge >= 0.3 is 0 Å². The predicted octanol–water partition coefficient (Wildman–Crippen LogP) is 5.45. The molecule has 0 fully saturated rings. The molecule has 2 aromatic carbocycles. The van der Waals surface area contributed by atoms with Crippen LogP contribution in [0.3, 0.4) is 0 Å². The number of aryl methyl sites for hydroxylation is 2. The number of fused-ring (bicyclic) bond motifs is 1. The van der Waals surface area contributed by atoms with Crippen LogP contribution in [0.15, 0.2) is 53.4 Å². The molecule has 0 unspecified atom stereocenters. The summed E-state index contributed by atoms with van der Waals surface area (Å²) in [7, 11) is -3.53. The Kier molecular flexibility index (Phi) is 8.51. The number of anilines is 1. The molecule has 0 aliphatic carbocycles. The predicted molar refractivity (Wildman–Crippen MR) is 148 cm³/mol. The standard InChI is InChI=1S/C26H29ClN4O4S2/c1-4-35-22-7-5-8-23-25(22)28-26(36-23)30(14-15-31-19(3)17-18(2)29-31)24(32)9-6-16-37(33,34)21-12-10-20(27)11-13-21/h5,7-8,10-13,17H,4,6,9,14-16H2,1-3H3. The summed E-state index contributed by atoms with van der Waals surface area (Å²) in [5.74, 6) is 0.340. The third-order valence-corrected chi connectivity index (χ3v) is 8.93. The van der Waals surface area contributed by atoms with Gasteiger partial charge in [-0.15, -0.1) is 0 Å². The minimum atomic E-state index is -3.53. The molecule has 0 saturated heterocycles. The Labute approximate surface area is 225 Å². The Morgan fingerprint density at radius 1 is 1.16 bits per heavy atom. The van der Waals surface area contributed by atoms with Crippen molar-refractivity contribution in [2.75, 3.05) is 23.8 Å². The molecule has 1 amide bonds. The Balaban J connectivity index is 1.54. The fraction of sp³-hybridized carbons (Fsp3) is 0.346. The third-order valence-electron chi connectivity index (χ3n) is 5.82. The van der Waals surface area contributed by atoms with Crippen molar-refractivity contribution >= 4 is 54.0 Å². The first-order chi connectivity index (χ1) is 17.7. The maximum atomic E-state index is 13.4. The lowest BCUT2D eigenvalue weighted by Crippen LogP contribution is -2.34. The first-order valence-corrected chi connectivity index (χ1v) is 14.8. The van der Waals surface area contributed by atoms with Crippen LogP contribution >= 0.6 is 22.9 Å². The molecular formula is C26H29ClN4O4S2. The van der Waals surface area contributed by atoms with Crippen LogP contribution in [0.2, 0.25) is 5.02 Å². The molecule has 2 aromatic heterocycles. The van der Waals surface area contributed by atoms with Crippen molar-refractivity contribution in [3.05, 3.63) is 64.9 Å². The maximum Gasteiger partial charge on any atom is 0.228 e. The Morgan fingerprint density at radius 3 is 2.59 bits per heavy atom. The van der Waals surface area contributed by atoms with Gasteiger partial charge in [-0.3, -0.25) is 14.4 Å². The molecule has 0 N–H and O–H groups in total. The zero-order valence-electron chi connectivity index (χ0n) is 21.0. The van der Waals surface area contributed by atoms with Crippen LogP contribution in [-0.2, 0) is 21.2 Å². The van der Waals surface area contributed by atoms with Gasteiger partial charge in [0.15, 0.2) is 15.0 Å². The molecule has 37 heavy (non-hydrogen) atoms. The highest BCUT2D eigenvalue weighted by atomic mass is 35.5. The quantitative estimate of drug-likeness (QED) is 0.242. The molecular weight excluding hydrogens is 532 g/mol. The average molecular weight is 561 g/mol. The highest BCUT2D eigenvalue weighted by Crippen LogP contribution is 2.34. The normalized spacial score (nSPS) is 11.7. The second-order valence-electron chi connectivity index (χ2n) is 8.60. The van der Waals surface area contributed by atoms with Crippen LogP contribution in [-0.4, -0.2) is 48.0 Å². The largest absolute Gasteiger partial charge is 0.492 e. The zero-order chi connectivity index (χ0) is 26.6.